The lowest BCUT2D eigenvalue weighted by Crippen LogP contribution is -2.01. The van der Waals surface area contributed by atoms with Crippen LogP contribution in [-0.4, -0.2) is 41.6 Å². The molecule has 2 N–H and O–H groups in total. The van der Waals surface area contributed by atoms with E-state index in [0.717, 1.165) is 33.0 Å². The van der Waals surface area contributed by atoms with Crippen molar-refractivity contribution in [1.82, 2.24) is 15.2 Å². The molecule has 0 fully saturated rings. The van der Waals surface area contributed by atoms with E-state index < -0.39 is 0 Å². The number of aromatic amines is 1. The number of aromatic hydroxyl groups is 1. The van der Waals surface area contributed by atoms with E-state index in [-0.39, 0.29) is 5.75 Å². The Labute approximate surface area is 155 Å². The fourth-order valence-corrected chi connectivity index (χ4v) is 3.52. The van der Waals surface area contributed by atoms with E-state index in [9.17, 15) is 5.11 Å². The third-order valence-electron chi connectivity index (χ3n) is 4.71. The number of hydrogen-bond acceptors (Lipinski definition) is 6. The molecular formula is C20H19N3O4. The van der Waals surface area contributed by atoms with Crippen molar-refractivity contribution in [3.63, 3.8) is 0 Å². The highest BCUT2D eigenvalue weighted by Crippen LogP contribution is 2.50. The van der Waals surface area contributed by atoms with Crippen molar-refractivity contribution in [2.75, 3.05) is 21.3 Å². The Bertz CT molecular complexity index is 1150. The lowest BCUT2D eigenvalue weighted by atomic mass is 9.96. The molecule has 4 rings (SSSR count). The van der Waals surface area contributed by atoms with Crippen LogP contribution in [0.1, 0.15) is 5.56 Å². The number of pyridine rings is 1. The van der Waals surface area contributed by atoms with Gasteiger partial charge in [0.1, 0.15) is 5.75 Å². The van der Waals surface area contributed by atoms with Crippen LogP contribution in [-0.2, 0) is 0 Å². The Morgan fingerprint density at radius 1 is 0.889 bits per heavy atom. The molecule has 0 bridgehead atoms. The normalized spacial score (nSPS) is 11.1. The molecule has 0 radical (unpaired) electrons. The quantitative estimate of drug-likeness (QED) is 0.571. The van der Waals surface area contributed by atoms with Crippen molar-refractivity contribution in [3.05, 3.63) is 36.0 Å². The molecule has 2 aromatic heterocycles. The van der Waals surface area contributed by atoms with Gasteiger partial charge in [0.25, 0.3) is 0 Å². The van der Waals surface area contributed by atoms with Gasteiger partial charge in [0, 0.05) is 21.9 Å². The first-order valence-corrected chi connectivity index (χ1v) is 8.35. The summed E-state index contributed by atoms with van der Waals surface area (Å²) in [6, 6.07) is 6.91. The molecule has 0 aliphatic heterocycles. The maximum Gasteiger partial charge on any atom is 0.204 e. The molecule has 0 saturated heterocycles. The number of nitrogens with zero attached hydrogens (tertiary/aromatic N) is 2. The molecule has 0 unspecified atom stereocenters. The highest BCUT2D eigenvalue weighted by atomic mass is 16.5. The lowest BCUT2D eigenvalue weighted by molar-refractivity contribution is 0.326. The van der Waals surface area contributed by atoms with E-state index in [1.54, 1.807) is 39.7 Å². The van der Waals surface area contributed by atoms with Crippen LogP contribution in [0.5, 0.6) is 23.0 Å². The Morgan fingerprint density at radius 3 is 2.19 bits per heavy atom. The summed E-state index contributed by atoms with van der Waals surface area (Å²) in [7, 11) is 4.78. The van der Waals surface area contributed by atoms with Crippen molar-refractivity contribution >= 4 is 21.8 Å². The molecule has 7 nitrogen and oxygen atoms in total. The molecule has 2 heterocycles. The van der Waals surface area contributed by atoms with Gasteiger partial charge >= 0.3 is 0 Å². The number of H-pyrrole nitrogens is 1. The number of rotatable bonds is 4. The number of phenolic OH excluding ortho intramolecular Hbond substituents is 1. The van der Waals surface area contributed by atoms with Crippen LogP contribution < -0.4 is 14.2 Å². The average molecular weight is 365 g/mol. The number of benzene rings is 2. The summed E-state index contributed by atoms with van der Waals surface area (Å²) in [6.07, 6.45) is 1.72. The topological polar surface area (TPSA) is 89.5 Å². The molecule has 138 valence electrons. The summed E-state index contributed by atoms with van der Waals surface area (Å²) < 4.78 is 16.9. The average Bonchev–Trinajstić information content (AvgIpc) is 3.16. The van der Waals surface area contributed by atoms with Gasteiger partial charge in [0.2, 0.25) is 5.75 Å². The number of methoxy groups -OCH3 is 3. The van der Waals surface area contributed by atoms with Crippen LogP contribution in [0.3, 0.4) is 0 Å². The second-order valence-corrected chi connectivity index (χ2v) is 6.11. The zero-order valence-electron chi connectivity index (χ0n) is 15.5. The minimum atomic E-state index is 0.194. The summed E-state index contributed by atoms with van der Waals surface area (Å²) in [5, 5.41) is 19.3. The Hall–Kier alpha value is -3.48. The van der Waals surface area contributed by atoms with E-state index in [4.69, 9.17) is 19.2 Å². The molecule has 0 saturated carbocycles. The lowest BCUT2D eigenvalue weighted by Gasteiger charge is -2.20. The maximum atomic E-state index is 9.65. The first-order valence-electron chi connectivity index (χ1n) is 8.35. The summed E-state index contributed by atoms with van der Waals surface area (Å²) in [4.78, 5) is 4.78. The number of aromatic nitrogens is 3. The summed E-state index contributed by atoms with van der Waals surface area (Å²) in [6.45, 7) is 1.96. The van der Waals surface area contributed by atoms with E-state index in [2.05, 4.69) is 10.2 Å². The molecule has 0 spiro atoms. The molecular weight excluding hydrogens is 346 g/mol. The third kappa shape index (κ3) is 2.43. The van der Waals surface area contributed by atoms with Gasteiger partial charge in [0.05, 0.1) is 38.6 Å². The van der Waals surface area contributed by atoms with Gasteiger partial charge in [-0.1, -0.05) is 0 Å². The van der Waals surface area contributed by atoms with Crippen LogP contribution in [0.4, 0.5) is 0 Å². The predicted molar refractivity (Wildman–Crippen MR) is 103 cm³/mol. The van der Waals surface area contributed by atoms with Gasteiger partial charge in [-0.05, 0) is 31.2 Å². The van der Waals surface area contributed by atoms with Crippen LogP contribution in [0.2, 0.25) is 0 Å². The second-order valence-electron chi connectivity index (χ2n) is 6.11. The van der Waals surface area contributed by atoms with Crippen LogP contribution in [0.15, 0.2) is 30.5 Å². The SMILES string of the molecule is COc1c(OC)c(OC)c2c(c(-c3ccc(O)cc3)nc3[nH]ncc32)c1C. The smallest absolute Gasteiger partial charge is 0.204 e. The van der Waals surface area contributed by atoms with Crippen LogP contribution >= 0.6 is 0 Å². The monoisotopic (exact) mass is 365 g/mol. The Balaban J connectivity index is 2.26. The number of aryl methyl sites for hydroxylation is 1. The van der Waals surface area contributed by atoms with Gasteiger partial charge < -0.3 is 19.3 Å². The summed E-state index contributed by atoms with van der Waals surface area (Å²) in [5.74, 6) is 1.87. The zero-order valence-corrected chi connectivity index (χ0v) is 15.5. The minimum Gasteiger partial charge on any atom is -0.508 e. The maximum absolute atomic E-state index is 9.65. The number of nitrogens with one attached hydrogen (secondary N) is 1. The van der Waals surface area contributed by atoms with Gasteiger partial charge in [0.15, 0.2) is 17.1 Å². The van der Waals surface area contributed by atoms with E-state index in [1.165, 1.54) is 0 Å². The van der Waals surface area contributed by atoms with Gasteiger partial charge in [-0.25, -0.2) is 4.98 Å². The molecule has 0 amide bonds. The van der Waals surface area contributed by atoms with Gasteiger partial charge in [-0.3, -0.25) is 5.10 Å². The van der Waals surface area contributed by atoms with Crippen molar-refractivity contribution in [2.24, 2.45) is 0 Å². The fraction of sp³-hybridized carbons (Fsp3) is 0.200. The molecule has 0 aliphatic rings. The number of phenols is 1. The molecule has 7 heteroatoms. The van der Waals surface area contributed by atoms with E-state index in [0.29, 0.717) is 22.9 Å². The highest BCUT2D eigenvalue weighted by molar-refractivity contribution is 6.16. The predicted octanol–water partition coefficient (Wildman–Crippen LogP) is 3.82. The Kier molecular flexibility index (Phi) is 3.99. The van der Waals surface area contributed by atoms with Crippen molar-refractivity contribution in [3.8, 4) is 34.3 Å². The van der Waals surface area contributed by atoms with Gasteiger partial charge in [-0.2, -0.15) is 5.10 Å². The van der Waals surface area contributed by atoms with Crippen LogP contribution in [0.25, 0.3) is 33.1 Å². The van der Waals surface area contributed by atoms with Gasteiger partial charge in [-0.15, -0.1) is 0 Å². The molecule has 4 aromatic rings. The molecule has 27 heavy (non-hydrogen) atoms. The van der Waals surface area contributed by atoms with Crippen molar-refractivity contribution in [2.45, 2.75) is 6.92 Å². The molecule has 0 atom stereocenters. The number of ether oxygens (including phenoxy) is 3. The summed E-state index contributed by atoms with van der Waals surface area (Å²) in [5.41, 5.74) is 3.10. The zero-order chi connectivity index (χ0) is 19.1. The van der Waals surface area contributed by atoms with Crippen molar-refractivity contribution < 1.29 is 19.3 Å². The highest BCUT2D eigenvalue weighted by Gasteiger charge is 2.25. The molecule has 0 aliphatic carbocycles. The number of fused-ring (bicyclic) bond motifs is 3. The first kappa shape index (κ1) is 17.0. The third-order valence-corrected chi connectivity index (χ3v) is 4.71. The second kappa shape index (κ2) is 6.35. The number of hydrogen-bond donors (Lipinski definition) is 2. The fourth-order valence-electron chi connectivity index (χ4n) is 3.52. The Morgan fingerprint density at radius 2 is 1.56 bits per heavy atom. The first-order chi connectivity index (χ1) is 13.1. The van der Waals surface area contributed by atoms with E-state index >= 15 is 0 Å². The van der Waals surface area contributed by atoms with E-state index in [1.807, 2.05) is 19.1 Å². The van der Waals surface area contributed by atoms with Crippen LogP contribution in [0, 0.1) is 6.92 Å². The molecule has 2 aromatic carbocycles. The summed E-state index contributed by atoms with van der Waals surface area (Å²) >= 11 is 0. The van der Waals surface area contributed by atoms with Crippen molar-refractivity contribution in [1.29, 1.82) is 0 Å². The standard InChI is InChI=1S/C20H19N3O4/c1-10-14-15(18(26-3)19(27-4)17(10)25-2)13-9-21-23-20(13)22-16(14)11-5-7-12(24)8-6-11/h5-9,24H,1-4H3,(H,21,22,23). The minimum absolute atomic E-state index is 0.194. The largest absolute Gasteiger partial charge is 0.508 e.